The fraction of sp³-hybridized carbons (Fsp3) is 0.333. The summed E-state index contributed by atoms with van der Waals surface area (Å²) in [6.45, 7) is 4.35. The van der Waals surface area contributed by atoms with E-state index in [1.807, 2.05) is 19.2 Å². The third kappa shape index (κ3) is 3.88. The number of carbonyl (C=O) groups excluding carboxylic acids is 1. The highest BCUT2D eigenvalue weighted by atomic mass is 32.1. The van der Waals surface area contributed by atoms with Gasteiger partial charge in [0.2, 0.25) is 0 Å². The number of carbonyl (C=O) groups is 2. The Hall–Kier alpha value is -2.28. The largest absolute Gasteiger partial charge is 0.478 e. The van der Waals surface area contributed by atoms with Crippen molar-refractivity contribution in [2.24, 2.45) is 0 Å². The minimum absolute atomic E-state index is 0.0113. The van der Waals surface area contributed by atoms with E-state index in [1.165, 1.54) is 18.3 Å². The molecule has 0 saturated heterocycles. The van der Waals surface area contributed by atoms with Crippen molar-refractivity contribution in [2.45, 2.75) is 26.3 Å². The lowest BCUT2D eigenvalue weighted by molar-refractivity contribution is 0.0696. The van der Waals surface area contributed by atoms with Gasteiger partial charge in [-0.1, -0.05) is 0 Å². The number of nitrogens with zero attached hydrogens (tertiary/aromatic N) is 3. The van der Waals surface area contributed by atoms with E-state index in [1.54, 1.807) is 22.4 Å². The second-order valence-electron chi connectivity index (χ2n) is 5.00. The minimum atomic E-state index is -1.07. The van der Waals surface area contributed by atoms with Gasteiger partial charge in [0.05, 0.1) is 10.6 Å². The molecule has 0 fully saturated rings. The summed E-state index contributed by atoms with van der Waals surface area (Å²) < 4.78 is 0. The SMILES string of the molecule is CC(C)N(CCc1nccs1)C(=O)c1cc(C(=O)O)ccn1. The summed E-state index contributed by atoms with van der Waals surface area (Å²) in [5, 5.41) is 11.9. The molecule has 22 heavy (non-hydrogen) atoms. The summed E-state index contributed by atoms with van der Waals surface area (Å²) in [5.41, 5.74) is 0.203. The van der Waals surface area contributed by atoms with Gasteiger partial charge in [-0.15, -0.1) is 11.3 Å². The Morgan fingerprint density at radius 3 is 2.68 bits per heavy atom. The second kappa shape index (κ2) is 7.13. The Balaban J connectivity index is 2.15. The van der Waals surface area contributed by atoms with Crippen LogP contribution in [0.1, 0.15) is 39.7 Å². The molecule has 0 radical (unpaired) electrons. The summed E-state index contributed by atoms with van der Waals surface area (Å²) >= 11 is 1.55. The van der Waals surface area contributed by atoms with Crippen molar-refractivity contribution in [2.75, 3.05) is 6.54 Å². The lowest BCUT2D eigenvalue weighted by atomic mass is 10.2. The Kier molecular flexibility index (Phi) is 5.21. The Bertz CT molecular complexity index is 656. The molecule has 0 aliphatic carbocycles. The zero-order valence-corrected chi connectivity index (χ0v) is 13.2. The van der Waals surface area contributed by atoms with Crippen LogP contribution in [0.3, 0.4) is 0 Å². The summed E-state index contributed by atoms with van der Waals surface area (Å²) in [6, 6.07) is 2.67. The molecule has 0 bridgehead atoms. The van der Waals surface area contributed by atoms with Gasteiger partial charge in [-0.05, 0) is 26.0 Å². The molecule has 0 saturated carbocycles. The summed E-state index contributed by atoms with van der Waals surface area (Å²) in [4.78, 5) is 33.5. The van der Waals surface area contributed by atoms with Crippen molar-refractivity contribution < 1.29 is 14.7 Å². The van der Waals surface area contributed by atoms with Crippen molar-refractivity contribution in [3.8, 4) is 0 Å². The molecule has 0 spiro atoms. The molecule has 2 aromatic rings. The van der Waals surface area contributed by atoms with Crippen molar-refractivity contribution in [3.63, 3.8) is 0 Å². The van der Waals surface area contributed by atoms with Crippen LogP contribution < -0.4 is 0 Å². The maximum atomic E-state index is 12.6. The number of amides is 1. The van der Waals surface area contributed by atoms with E-state index in [9.17, 15) is 9.59 Å². The van der Waals surface area contributed by atoms with E-state index >= 15 is 0 Å². The maximum Gasteiger partial charge on any atom is 0.335 e. The molecule has 6 nitrogen and oxygen atoms in total. The molecular formula is C15H17N3O3S. The normalized spacial score (nSPS) is 10.7. The number of rotatable bonds is 6. The van der Waals surface area contributed by atoms with Gasteiger partial charge >= 0.3 is 5.97 Å². The highest BCUT2D eigenvalue weighted by Crippen LogP contribution is 2.12. The molecule has 2 rings (SSSR count). The summed E-state index contributed by atoms with van der Waals surface area (Å²) in [6.07, 6.45) is 3.75. The smallest absolute Gasteiger partial charge is 0.335 e. The van der Waals surface area contributed by atoms with E-state index in [4.69, 9.17) is 5.11 Å². The predicted octanol–water partition coefficient (Wildman–Crippen LogP) is 2.33. The average Bonchev–Trinajstić information content (AvgIpc) is 3.00. The van der Waals surface area contributed by atoms with E-state index in [0.717, 1.165) is 5.01 Å². The quantitative estimate of drug-likeness (QED) is 0.883. The van der Waals surface area contributed by atoms with Crippen LogP contribution in [0.2, 0.25) is 0 Å². The van der Waals surface area contributed by atoms with Crippen LogP contribution in [-0.4, -0.2) is 44.4 Å². The number of aromatic carboxylic acids is 1. The molecule has 7 heteroatoms. The Morgan fingerprint density at radius 2 is 2.09 bits per heavy atom. The van der Waals surface area contributed by atoms with Crippen molar-refractivity contribution in [1.82, 2.24) is 14.9 Å². The molecule has 1 amide bonds. The summed E-state index contributed by atoms with van der Waals surface area (Å²) in [5.74, 6) is -1.34. The summed E-state index contributed by atoms with van der Waals surface area (Å²) in [7, 11) is 0. The van der Waals surface area contributed by atoms with Crippen molar-refractivity contribution in [1.29, 1.82) is 0 Å². The first-order valence-corrected chi connectivity index (χ1v) is 7.75. The highest BCUT2D eigenvalue weighted by Gasteiger charge is 2.21. The molecule has 0 aliphatic heterocycles. The van der Waals surface area contributed by atoms with Crippen LogP contribution in [0, 0.1) is 0 Å². The van der Waals surface area contributed by atoms with E-state index in [2.05, 4.69) is 9.97 Å². The van der Waals surface area contributed by atoms with Crippen molar-refractivity contribution in [3.05, 3.63) is 46.2 Å². The third-order valence-corrected chi connectivity index (χ3v) is 4.00. The van der Waals surface area contributed by atoms with E-state index < -0.39 is 5.97 Å². The molecule has 116 valence electrons. The van der Waals surface area contributed by atoms with Crippen LogP contribution in [0.15, 0.2) is 29.9 Å². The molecule has 2 aromatic heterocycles. The van der Waals surface area contributed by atoms with E-state index in [0.29, 0.717) is 13.0 Å². The number of hydrogen-bond acceptors (Lipinski definition) is 5. The number of hydrogen-bond donors (Lipinski definition) is 1. The number of aromatic nitrogens is 2. The van der Waals surface area contributed by atoms with Crippen molar-refractivity contribution >= 4 is 23.2 Å². The van der Waals surface area contributed by atoms with Crippen LogP contribution in [0.4, 0.5) is 0 Å². The van der Waals surface area contributed by atoms with Gasteiger partial charge in [0.25, 0.3) is 5.91 Å². The number of pyridine rings is 1. The fourth-order valence-electron chi connectivity index (χ4n) is 2.01. The van der Waals surface area contributed by atoms with Gasteiger partial charge in [-0.2, -0.15) is 0 Å². The molecule has 1 N–H and O–H groups in total. The number of carboxylic acids is 1. The van der Waals surface area contributed by atoms with E-state index in [-0.39, 0.29) is 23.2 Å². The molecule has 0 aromatic carbocycles. The van der Waals surface area contributed by atoms with Crippen LogP contribution in [-0.2, 0) is 6.42 Å². The lowest BCUT2D eigenvalue weighted by Crippen LogP contribution is -2.39. The molecule has 2 heterocycles. The molecular weight excluding hydrogens is 302 g/mol. The monoisotopic (exact) mass is 319 g/mol. The van der Waals surface area contributed by atoms with Gasteiger partial charge in [-0.25, -0.2) is 9.78 Å². The standard InChI is InChI=1S/C15H17N3O3S/c1-10(2)18(7-4-13-17-6-8-22-13)14(19)12-9-11(15(20)21)3-5-16-12/h3,5-6,8-10H,4,7H2,1-2H3,(H,20,21). The van der Waals surface area contributed by atoms with Crippen LogP contribution in [0.5, 0.6) is 0 Å². The topological polar surface area (TPSA) is 83.4 Å². The first kappa shape index (κ1) is 16.1. The first-order chi connectivity index (χ1) is 10.5. The molecule has 0 atom stereocenters. The van der Waals surface area contributed by atoms with Gasteiger partial charge in [0.1, 0.15) is 5.69 Å². The highest BCUT2D eigenvalue weighted by molar-refractivity contribution is 7.09. The van der Waals surface area contributed by atoms with Gasteiger partial charge in [-0.3, -0.25) is 9.78 Å². The Morgan fingerprint density at radius 1 is 1.32 bits per heavy atom. The van der Waals surface area contributed by atoms with Gasteiger partial charge < -0.3 is 10.0 Å². The molecule has 0 aliphatic rings. The minimum Gasteiger partial charge on any atom is -0.478 e. The maximum absolute atomic E-state index is 12.6. The number of carboxylic acid groups (broad SMARTS) is 1. The zero-order chi connectivity index (χ0) is 16.1. The van der Waals surface area contributed by atoms with Crippen LogP contribution >= 0.6 is 11.3 Å². The molecule has 0 unspecified atom stereocenters. The first-order valence-electron chi connectivity index (χ1n) is 6.87. The second-order valence-corrected chi connectivity index (χ2v) is 5.98. The fourth-order valence-corrected chi connectivity index (χ4v) is 2.62. The van der Waals surface area contributed by atoms with Gasteiger partial charge in [0, 0.05) is 36.8 Å². The number of thiazole rings is 1. The van der Waals surface area contributed by atoms with Crippen LogP contribution in [0.25, 0.3) is 0 Å². The zero-order valence-electron chi connectivity index (χ0n) is 12.4. The Labute approximate surface area is 132 Å². The van der Waals surface area contributed by atoms with Gasteiger partial charge in [0.15, 0.2) is 0 Å². The predicted molar refractivity (Wildman–Crippen MR) is 83.2 cm³/mol. The third-order valence-electron chi connectivity index (χ3n) is 3.16. The lowest BCUT2D eigenvalue weighted by Gasteiger charge is -2.26. The average molecular weight is 319 g/mol.